The van der Waals surface area contributed by atoms with Gasteiger partial charge in [0.1, 0.15) is 11.3 Å². The number of aryl methyl sites for hydroxylation is 1. The number of aromatic nitrogens is 4. The van der Waals surface area contributed by atoms with Crippen molar-refractivity contribution in [2.75, 3.05) is 0 Å². The lowest BCUT2D eigenvalue weighted by Gasteiger charge is -2.08. The molecule has 29 heavy (non-hydrogen) atoms. The monoisotopic (exact) mass is 380 g/mol. The van der Waals surface area contributed by atoms with E-state index in [4.69, 9.17) is 0 Å². The molecule has 0 spiro atoms. The van der Waals surface area contributed by atoms with E-state index in [0.717, 1.165) is 33.5 Å². The van der Waals surface area contributed by atoms with E-state index in [1.165, 1.54) is 0 Å². The van der Waals surface area contributed by atoms with E-state index in [2.05, 4.69) is 15.0 Å². The van der Waals surface area contributed by atoms with Crippen molar-refractivity contribution in [3.05, 3.63) is 99.6 Å². The first-order chi connectivity index (χ1) is 14.1. The number of nitrogens with one attached hydrogen (secondary N) is 1. The van der Waals surface area contributed by atoms with Crippen LogP contribution in [0.15, 0.2) is 82.6 Å². The van der Waals surface area contributed by atoms with Crippen molar-refractivity contribution in [1.82, 2.24) is 19.5 Å². The van der Waals surface area contributed by atoms with Gasteiger partial charge in [-0.05, 0) is 48.2 Å². The first kappa shape index (κ1) is 17.1. The molecule has 3 heterocycles. The number of fused-ring (bicyclic) bond motifs is 2. The lowest BCUT2D eigenvalue weighted by atomic mass is 10.1. The topological polar surface area (TPSA) is 80.6 Å². The average molecular weight is 380 g/mol. The summed E-state index contributed by atoms with van der Waals surface area (Å²) in [6.45, 7) is 1.94. The molecule has 0 atom stereocenters. The van der Waals surface area contributed by atoms with Crippen molar-refractivity contribution in [2.24, 2.45) is 0 Å². The van der Waals surface area contributed by atoms with Crippen LogP contribution in [-0.4, -0.2) is 19.5 Å². The molecular weight excluding hydrogens is 364 g/mol. The van der Waals surface area contributed by atoms with Gasteiger partial charge in [-0.1, -0.05) is 30.3 Å². The third kappa shape index (κ3) is 2.82. The third-order valence-corrected chi connectivity index (χ3v) is 5.04. The van der Waals surface area contributed by atoms with Crippen LogP contribution in [0.3, 0.4) is 0 Å². The minimum absolute atomic E-state index is 0.386. The van der Waals surface area contributed by atoms with Crippen molar-refractivity contribution < 1.29 is 0 Å². The number of H-pyrrole nitrogens is 1. The number of pyridine rings is 1. The summed E-state index contributed by atoms with van der Waals surface area (Å²) in [5.41, 5.74) is 3.12. The van der Waals surface area contributed by atoms with Gasteiger partial charge in [-0.3, -0.25) is 24.1 Å². The van der Waals surface area contributed by atoms with Crippen molar-refractivity contribution >= 4 is 21.8 Å². The molecule has 0 aliphatic rings. The molecule has 0 amide bonds. The van der Waals surface area contributed by atoms with E-state index in [1.54, 1.807) is 30.6 Å². The lowest BCUT2D eigenvalue weighted by Crippen LogP contribution is -2.15. The van der Waals surface area contributed by atoms with Gasteiger partial charge >= 0.3 is 0 Å². The fourth-order valence-electron chi connectivity index (χ4n) is 3.67. The van der Waals surface area contributed by atoms with Crippen molar-refractivity contribution in [2.45, 2.75) is 6.92 Å². The minimum Gasteiger partial charge on any atom is -0.296 e. The maximum Gasteiger partial charge on any atom is 0.258 e. The van der Waals surface area contributed by atoms with Gasteiger partial charge in [-0.15, -0.1) is 0 Å². The van der Waals surface area contributed by atoms with E-state index in [-0.39, 0.29) is 5.56 Å². The number of nitrogens with zero attached hydrogens (tertiary/aromatic N) is 3. The zero-order chi connectivity index (χ0) is 20.0. The van der Waals surface area contributed by atoms with Gasteiger partial charge in [-0.25, -0.2) is 4.98 Å². The van der Waals surface area contributed by atoms with Crippen molar-refractivity contribution in [3.63, 3.8) is 0 Å². The summed E-state index contributed by atoms with van der Waals surface area (Å²) < 4.78 is 2.04. The minimum atomic E-state index is -0.408. The lowest BCUT2D eigenvalue weighted by molar-refractivity contribution is 1.00. The van der Waals surface area contributed by atoms with Gasteiger partial charge < -0.3 is 0 Å². The zero-order valence-corrected chi connectivity index (χ0v) is 15.6. The summed E-state index contributed by atoms with van der Waals surface area (Å²) in [4.78, 5) is 36.0. The van der Waals surface area contributed by atoms with Crippen LogP contribution in [-0.2, 0) is 0 Å². The molecule has 0 aliphatic heterocycles. The number of rotatable bonds is 2. The fourth-order valence-corrected chi connectivity index (χ4v) is 3.67. The number of imidazole rings is 1. The molecule has 0 saturated heterocycles. The van der Waals surface area contributed by atoms with Crippen LogP contribution in [0.4, 0.5) is 0 Å². The van der Waals surface area contributed by atoms with Gasteiger partial charge in [-0.2, -0.15) is 0 Å². The Labute approximate surface area is 165 Å². The van der Waals surface area contributed by atoms with Gasteiger partial charge in [0.05, 0.1) is 11.7 Å². The van der Waals surface area contributed by atoms with Crippen molar-refractivity contribution in [3.8, 4) is 16.8 Å². The third-order valence-electron chi connectivity index (χ3n) is 5.04. The molecule has 0 fully saturated rings. The molecule has 140 valence electrons. The Balaban J connectivity index is 1.67. The van der Waals surface area contributed by atoms with E-state index >= 15 is 0 Å². The molecule has 6 nitrogen and oxygen atoms in total. The molecule has 1 N–H and O–H groups in total. The van der Waals surface area contributed by atoms with Gasteiger partial charge in [0.25, 0.3) is 11.1 Å². The molecule has 6 heteroatoms. The van der Waals surface area contributed by atoms with Crippen LogP contribution in [0.5, 0.6) is 0 Å². The van der Waals surface area contributed by atoms with Crippen LogP contribution >= 0.6 is 0 Å². The smallest absolute Gasteiger partial charge is 0.258 e. The highest BCUT2D eigenvalue weighted by atomic mass is 16.2. The van der Waals surface area contributed by atoms with Crippen molar-refractivity contribution in [1.29, 1.82) is 0 Å². The quantitative estimate of drug-likeness (QED) is 0.507. The average Bonchev–Trinajstić information content (AvgIpc) is 3.01. The summed E-state index contributed by atoms with van der Waals surface area (Å²) in [6, 6.07) is 18.5. The zero-order valence-electron chi connectivity index (χ0n) is 15.6. The number of hydrogen-bond acceptors (Lipinski definition) is 4. The van der Waals surface area contributed by atoms with Crippen LogP contribution in [0, 0.1) is 6.92 Å². The summed E-state index contributed by atoms with van der Waals surface area (Å²) in [5, 5.41) is 1.21. The Morgan fingerprint density at radius 1 is 0.931 bits per heavy atom. The molecule has 5 aromatic rings. The molecule has 0 aliphatic carbocycles. The summed E-state index contributed by atoms with van der Waals surface area (Å²) in [7, 11) is 0. The van der Waals surface area contributed by atoms with Crippen LogP contribution in [0.25, 0.3) is 38.6 Å². The summed E-state index contributed by atoms with van der Waals surface area (Å²) in [5.74, 6) is 0.853. The molecule has 0 radical (unpaired) electrons. The highest BCUT2D eigenvalue weighted by Crippen LogP contribution is 2.24. The SMILES string of the molecule is Cc1nc2cnccc2n1-c1ccc(-c2cc3ccccc3c(=O)[nH]c2=O)cc1. The van der Waals surface area contributed by atoms with E-state index in [1.807, 2.05) is 54.0 Å². The molecule has 0 unspecified atom stereocenters. The van der Waals surface area contributed by atoms with E-state index in [0.29, 0.717) is 10.9 Å². The molecule has 2 aromatic carbocycles. The predicted octanol–water partition coefficient (Wildman–Crippen LogP) is 3.60. The second-order valence-electron chi connectivity index (χ2n) is 6.83. The van der Waals surface area contributed by atoms with E-state index < -0.39 is 5.56 Å². The maximum absolute atomic E-state index is 12.6. The normalized spacial score (nSPS) is 11.2. The van der Waals surface area contributed by atoms with Crippen LogP contribution < -0.4 is 11.1 Å². The molecule has 0 saturated carbocycles. The highest BCUT2D eigenvalue weighted by Gasteiger charge is 2.10. The second-order valence-corrected chi connectivity index (χ2v) is 6.83. The van der Waals surface area contributed by atoms with Gasteiger partial charge in [0.2, 0.25) is 0 Å². The maximum atomic E-state index is 12.6. The first-order valence-electron chi connectivity index (χ1n) is 9.18. The highest BCUT2D eigenvalue weighted by molar-refractivity contribution is 5.84. The predicted molar refractivity (Wildman–Crippen MR) is 113 cm³/mol. The standard InChI is InChI=1S/C23H16N4O2/c1-14-25-20-13-24-11-10-21(20)27(14)17-8-6-15(7-9-17)19-12-16-4-2-3-5-18(16)22(28)26-23(19)29/h2-13H,1H3,(H,26,28,29). The van der Waals surface area contributed by atoms with Gasteiger partial charge in [0, 0.05) is 22.8 Å². The Morgan fingerprint density at radius 2 is 1.72 bits per heavy atom. The number of aromatic amines is 1. The summed E-state index contributed by atoms with van der Waals surface area (Å²) >= 11 is 0. The van der Waals surface area contributed by atoms with Crippen LogP contribution in [0.1, 0.15) is 5.82 Å². The Hall–Kier alpha value is -4.06. The Bertz CT molecular complexity index is 1500. The molecule has 0 bridgehead atoms. The molecule has 3 aromatic heterocycles. The first-order valence-corrected chi connectivity index (χ1v) is 9.18. The fraction of sp³-hybridized carbons (Fsp3) is 0.0435. The largest absolute Gasteiger partial charge is 0.296 e. The molecule has 5 rings (SSSR count). The Morgan fingerprint density at radius 3 is 2.55 bits per heavy atom. The molecular formula is C23H16N4O2. The summed E-state index contributed by atoms with van der Waals surface area (Å²) in [6.07, 6.45) is 3.48. The van der Waals surface area contributed by atoms with Crippen LogP contribution in [0.2, 0.25) is 0 Å². The van der Waals surface area contributed by atoms with E-state index in [9.17, 15) is 9.59 Å². The van der Waals surface area contributed by atoms with Gasteiger partial charge in [0.15, 0.2) is 0 Å². The number of benzene rings is 2. The second kappa shape index (κ2) is 6.53. The Kier molecular flexibility index (Phi) is 3.84. The number of hydrogen-bond donors (Lipinski definition) is 1.